The fraction of sp³-hybridized carbons (Fsp3) is 0.118. The molecule has 0 spiro atoms. The zero-order valence-corrected chi connectivity index (χ0v) is 13.4. The molecule has 0 fully saturated rings. The number of hydrazine groups is 1. The van der Waals surface area contributed by atoms with E-state index in [4.69, 9.17) is 0 Å². The Balaban J connectivity index is 1.76. The third kappa shape index (κ3) is 3.94. The van der Waals surface area contributed by atoms with Crippen molar-refractivity contribution >= 4 is 29.0 Å². The molecule has 9 heteroatoms. The van der Waals surface area contributed by atoms with E-state index >= 15 is 0 Å². The number of ether oxygens (including phenoxy) is 1. The predicted molar refractivity (Wildman–Crippen MR) is 91.1 cm³/mol. The molecule has 0 aromatic heterocycles. The van der Waals surface area contributed by atoms with Crippen molar-refractivity contribution < 1.29 is 23.1 Å². The molecule has 7 nitrogen and oxygen atoms in total. The average Bonchev–Trinajstić information content (AvgIpc) is 2.64. The lowest BCUT2D eigenvalue weighted by Crippen LogP contribution is -2.54. The normalized spacial score (nSPS) is 13.9. The molecule has 2 N–H and O–H groups in total. The van der Waals surface area contributed by atoms with Gasteiger partial charge in [0, 0.05) is 0 Å². The number of halogens is 2. The fourth-order valence-corrected chi connectivity index (χ4v) is 2.28. The van der Waals surface area contributed by atoms with Crippen molar-refractivity contribution in [1.82, 2.24) is 5.43 Å². The molecule has 0 radical (unpaired) electrons. The Bertz CT molecular complexity index is 843. The van der Waals surface area contributed by atoms with Crippen molar-refractivity contribution in [2.24, 2.45) is 4.99 Å². The fourth-order valence-electron chi connectivity index (χ4n) is 2.28. The number of carbonyl (C=O) groups excluding carboxylic acids is 2. The van der Waals surface area contributed by atoms with Gasteiger partial charge in [-0.3, -0.25) is 20.0 Å². The van der Waals surface area contributed by atoms with Gasteiger partial charge in [0.05, 0.1) is 11.4 Å². The summed E-state index contributed by atoms with van der Waals surface area (Å²) in [5.74, 6) is -1.33. The van der Waals surface area contributed by atoms with Crippen LogP contribution in [0.15, 0.2) is 59.6 Å². The van der Waals surface area contributed by atoms with Crippen LogP contribution in [0.2, 0.25) is 0 Å². The van der Waals surface area contributed by atoms with E-state index in [0.717, 1.165) is 0 Å². The molecule has 0 unspecified atom stereocenters. The van der Waals surface area contributed by atoms with Gasteiger partial charge in [0.2, 0.25) is 5.84 Å². The Morgan fingerprint density at radius 2 is 1.85 bits per heavy atom. The van der Waals surface area contributed by atoms with Crippen LogP contribution in [0.4, 0.5) is 20.2 Å². The van der Waals surface area contributed by atoms with E-state index in [1.165, 1.54) is 23.2 Å². The molecule has 0 aliphatic carbocycles. The van der Waals surface area contributed by atoms with Crippen molar-refractivity contribution in [2.45, 2.75) is 6.61 Å². The highest BCUT2D eigenvalue weighted by atomic mass is 19.3. The largest absolute Gasteiger partial charge is 0.433 e. The molecule has 1 aliphatic heterocycles. The molecular formula is C17H14F2N4O3. The van der Waals surface area contributed by atoms with Gasteiger partial charge in [-0.15, -0.1) is 0 Å². The first-order valence-corrected chi connectivity index (χ1v) is 7.59. The lowest BCUT2D eigenvalue weighted by molar-refractivity contribution is -0.118. The monoisotopic (exact) mass is 360 g/mol. The molecule has 134 valence electrons. The first-order chi connectivity index (χ1) is 12.5. The van der Waals surface area contributed by atoms with E-state index < -0.39 is 12.5 Å². The SMILES string of the molecule is O=C(Nc1ccccc1OC(F)F)C1=NCC(=O)N(c2ccccc2)N1. The zero-order valence-electron chi connectivity index (χ0n) is 13.4. The molecule has 3 rings (SSSR count). The molecule has 1 aliphatic rings. The summed E-state index contributed by atoms with van der Waals surface area (Å²) in [4.78, 5) is 28.3. The number of hydrogen-bond acceptors (Lipinski definition) is 5. The number of benzene rings is 2. The van der Waals surface area contributed by atoms with Gasteiger partial charge in [-0.05, 0) is 24.3 Å². The first-order valence-electron chi connectivity index (χ1n) is 7.59. The quantitative estimate of drug-likeness (QED) is 0.856. The molecule has 0 saturated heterocycles. The molecule has 1 heterocycles. The summed E-state index contributed by atoms with van der Waals surface area (Å²) in [7, 11) is 0. The maximum atomic E-state index is 12.5. The number of anilines is 2. The minimum Gasteiger partial charge on any atom is -0.433 e. The highest BCUT2D eigenvalue weighted by molar-refractivity contribution is 6.43. The van der Waals surface area contributed by atoms with E-state index in [0.29, 0.717) is 5.69 Å². The van der Waals surface area contributed by atoms with Crippen molar-refractivity contribution in [2.75, 3.05) is 16.9 Å². The first kappa shape index (κ1) is 17.3. The maximum Gasteiger partial charge on any atom is 0.387 e. The number of para-hydroxylation sites is 3. The van der Waals surface area contributed by atoms with E-state index in [1.54, 1.807) is 36.4 Å². The number of aliphatic imine (C=N–C) groups is 1. The van der Waals surface area contributed by atoms with Crippen molar-refractivity contribution in [3.63, 3.8) is 0 Å². The lowest BCUT2D eigenvalue weighted by atomic mass is 10.3. The summed E-state index contributed by atoms with van der Waals surface area (Å²) in [5.41, 5.74) is 3.23. The van der Waals surface area contributed by atoms with Gasteiger partial charge in [0.1, 0.15) is 12.3 Å². The number of nitrogens with one attached hydrogen (secondary N) is 2. The number of hydrogen-bond donors (Lipinski definition) is 2. The maximum absolute atomic E-state index is 12.5. The Labute approximate surface area is 147 Å². The second-order valence-electron chi connectivity index (χ2n) is 5.17. The Morgan fingerprint density at radius 3 is 2.58 bits per heavy atom. The summed E-state index contributed by atoms with van der Waals surface area (Å²) in [6.45, 7) is -3.25. The van der Waals surface area contributed by atoms with Crippen LogP contribution in [0.5, 0.6) is 5.75 Å². The molecule has 2 amide bonds. The minimum atomic E-state index is -3.02. The number of nitrogens with zero attached hydrogens (tertiary/aromatic N) is 2. The Kier molecular flexibility index (Phi) is 5.07. The molecule has 0 atom stereocenters. The van der Waals surface area contributed by atoms with E-state index in [-0.39, 0.29) is 29.7 Å². The van der Waals surface area contributed by atoms with Crippen molar-refractivity contribution in [3.05, 3.63) is 54.6 Å². The highest BCUT2D eigenvalue weighted by Crippen LogP contribution is 2.25. The lowest BCUT2D eigenvalue weighted by Gasteiger charge is -2.27. The summed E-state index contributed by atoms with van der Waals surface area (Å²) in [6, 6.07) is 14.4. The van der Waals surface area contributed by atoms with Gasteiger partial charge in [-0.25, -0.2) is 5.01 Å². The van der Waals surface area contributed by atoms with E-state index in [2.05, 4.69) is 20.5 Å². The van der Waals surface area contributed by atoms with Gasteiger partial charge in [-0.1, -0.05) is 30.3 Å². The van der Waals surface area contributed by atoms with Gasteiger partial charge >= 0.3 is 6.61 Å². The summed E-state index contributed by atoms with van der Waals surface area (Å²) < 4.78 is 29.3. The van der Waals surface area contributed by atoms with Gasteiger partial charge in [0.25, 0.3) is 11.8 Å². The Hall–Kier alpha value is -3.49. The summed E-state index contributed by atoms with van der Waals surface area (Å²) >= 11 is 0. The van der Waals surface area contributed by atoms with Crippen LogP contribution in [0.25, 0.3) is 0 Å². The highest BCUT2D eigenvalue weighted by Gasteiger charge is 2.26. The van der Waals surface area contributed by atoms with E-state index in [1.807, 2.05) is 0 Å². The number of alkyl halides is 2. The van der Waals surface area contributed by atoms with Crippen LogP contribution < -0.4 is 20.5 Å². The third-order valence-corrected chi connectivity index (χ3v) is 3.42. The topological polar surface area (TPSA) is 83.0 Å². The zero-order chi connectivity index (χ0) is 18.5. The second kappa shape index (κ2) is 7.60. The minimum absolute atomic E-state index is 0.0606. The molecular weight excluding hydrogens is 346 g/mol. The molecule has 0 saturated carbocycles. The van der Waals surface area contributed by atoms with E-state index in [9.17, 15) is 18.4 Å². The summed E-state index contributed by atoms with van der Waals surface area (Å²) in [6.07, 6.45) is 0. The van der Waals surface area contributed by atoms with Gasteiger partial charge in [-0.2, -0.15) is 8.78 Å². The number of amidine groups is 1. The van der Waals surface area contributed by atoms with Gasteiger partial charge in [0.15, 0.2) is 0 Å². The number of amides is 2. The standard InChI is InChI=1S/C17H14F2N4O3/c18-17(19)26-13-9-5-4-8-12(13)21-16(25)15-20-10-14(24)23(22-15)11-6-2-1-3-7-11/h1-9,17H,10H2,(H,20,22)(H,21,25). The molecule has 2 aromatic carbocycles. The van der Waals surface area contributed by atoms with Crippen LogP contribution in [0, 0.1) is 0 Å². The van der Waals surface area contributed by atoms with Crippen LogP contribution in [0.1, 0.15) is 0 Å². The number of rotatable bonds is 5. The Morgan fingerprint density at radius 1 is 1.15 bits per heavy atom. The van der Waals surface area contributed by atoms with Crippen molar-refractivity contribution in [1.29, 1.82) is 0 Å². The molecule has 2 aromatic rings. The molecule has 0 bridgehead atoms. The van der Waals surface area contributed by atoms with Crippen LogP contribution in [-0.2, 0) is 9.59 Å². The van der Waals surface area contributed by atoms with Crippen LogP contribution >= 0.6 is 0 Å². The number of carbonyl (C=O) groups is 2. The second-order valence-corrected chi connectivity index (χ2v) is 5.17. The van der Waals surface area contributed by atoms with Gasteiger partial charge < -0.3 is 10.1 Å². The third-order valence-electron chi connectivity index (χ3n) is 3.42. The van der Waals surface area contributed by atoms with Crippen LogP contribution in [-0.4, -0.2) is 30.8 Å². The average molecular weight is 360 g/mol. The molecule has 26 heavy (non-hydrogen) atoms. The summed E-state index contributed by atoms with van der Waals surface area (Å²) in [5, 5.41) is 3.64. The van der Waals surface area contributed by atoms with Crippen LogP contribution in [0.3, 0.4) is 0 Å². The predicted octanol–water partition coefficient (Wildman–Crippen LogP) is 2.18. The smallest absolute Gasteiger partial charge is 0.387 e. The van der Waals surface area contributed by atoms with Crippen molar-refractivity contribution in [3.8, 4) is 5.75 Å².